The van der Waals surface area contributed by atoms with Crippen LogP contribution in [0, 0.1) is 17.0 Å². The van der Waals surface area contributed by atoms with Gasteiger partial charge in [-0.2, -0.15) is 0 Å². The van der Waals surface area contributed by atoms with Crippen molar-refractivity contribution in [2.24, 2.45) is 5.73 Å². The number of primary amides is 1. The Labute approximate surface area is 243 Å². The lowest BCUT2D eigenvalue weighted by molar-refractivity contribution is -0.384. The molecule has 0 fully saturated rings. The van der Waals surface area contributed by atoms with Crippen molar-refractivity contribution in [2.75, 3.05) is 34.9 Å². The van der Waals surface area contributed by atoms with Gasteiger partial charge in [-0.15, -0.1) is 0 Å². The van der Waals surface area contributed by atoms with Crippen molar-refractivity contribution >= 4 is 40.6 Å². The standard InChI is InChI=1S/C30H33N5O7/c1-4-41-27(42-5-2)19-33-25-9-7-6-8-24(25)30(28(33)37,34(29(31)38)22-14-10-20(3)11-15-22)18-26(36)32-21-12-16-23(17-13-21)35(39)40/h6-17,27H,4-5,18-19H2,1-3H3,(H2,31,38)(H,32,36). The number of nitrogens with two attached hydrogens (primary N) is 1. The van der Waals surface area contributed by atoms with Crippen LogP contribution in [0.1, 0.15) is 31.4 Å². The summed E-state index contributed by atoms with van der Waals surface area (Å²) < 4.78 is 11.4. The number of hydrogen-bond acceptors (Lipinski definition) is 7. The molecule has 0 aliphatic carbocycles. The van der Waals surface area contributed by atoms with Crippen molar-refractivity contribution in [2.45, 2.75) is 39.0 Å². The number of nitrogens with one attached hydrogen (secondary N) is 1. The average molecular weight is 576 g/mol. The summed E-state index contributed by atoms with van der Waals surface area (Å²) in [6.07, 6.45) is -1.26. The first-order valence-corrected chi connectivity index (χ1v) is 13.5. The molecule has 0 bridgehead atoms. The number of hydrogen-bond donors (Lipinski definition) is 2. The molecule has 0 aromatic heterocycles. The zero-order chi connectivity index (χ0) is 30.4. The summed E-state index contributed by atoms with van der Waals surface area (Å²) in [5.74, 6) is -1.18. The van der Waals surface area contributed by atoms with Gasteiger partial charge in [0.15, 0.2) is 11.8 Å². The van der Waals surface area contributed by atoms with Crippen molar-refractivity contribution < 1.29 is 28.8 Å². The van der Waals surface area contributed by atoms with E-state index >= 15 is 0 Å². The van der Waals surface area contributed by atoms with E-state index in [1.54, 1.807) is 48.5 Å². The summed E-state index contributed by atoms with van der Waals surface area (Å²) in [5, 5.41) is 13.8. The van der Waals surface area contributed by atoms with Gasteiger partial charge in [0.05, 0.1) is 23.6 Å². The van der Waals surface area contributed by atoms with E-state index in [1.165, 1.54) is 29.2 Å². The molecule has 0 saturated heterocycles. The van der Waals surface area contributed by atoms with E-state index in [1.807, 2.05) is 20.8 Å². The second kappa shape index (κ2) is 12.8. The molecule has 4 amide bonds. The molecular formula is C30H33N5O7. The summed E-state index contributed by atoms with van der Waals surface area (Å²) in [6.45, 7) is 6.19. The number of amides is 4. The molecule has 0 spiro atoms. The average Bonchev–Trinajstić information content (AvgIpc) is 3.17. The summed E-state index contributed by atoms with van der Waals surface area (Å²) in [4.78, 5) is 54.6. The molecule has 3 aromatic carbocycles. The van der Waals surface area contributed by atoms with E-state index in [-0.39, 0.29) is 17.9 Å². The SMILES string of the molecule is CCOC(CN1C(=O)C(CC(=O)Nc2ccc([N+](=O)[O-])cc2)(N(C(N)=O)c2ccc(C)cc2)c2ccccc21)OCC. The van der Waals surface area contributed by atoms with Crippen LogP contribution in [0.3, 0.4) is 0 Å². The van der Waals surface area contributed by atoms with Crippen LogP contribution in [0.5, 0.6) is 0 Å². The fraction of sp³-hybridized carbons (Fsp3) is 0.300. The van der Waals surface area contributed by atoms with Crippen molar-refractivity contribution in [3.63, 3.8) is 0 Å². The molecule has 0 radical (unpaired) electrons. The quantitative estimate of drug-likeness (QED) is 0.183. The Bertz CT molecular complexity index is 1460. The predicted molar refractivity (Wildman–Crippen MR) is 157 cm³/mol. The number of fused-ring (bicyclic) bond motifs is 1. The van der Waals surface area contributed by atoms with E-state index in [9.17, 15) is 24.5 Å². The lowest BCUT2D eigenvalue weighted by atomic mass is 9.84. The van der Waals surface area contributed by atoms with Crippen molar-refractivity contribution in [1.29, 1.82) is 0 Å². The topological polar surface area (TPSA) is 157 Å². The molecule has 1 aliphatic rings. The second-order valence-electron chi connectivity index (χ2n) is 9.67. The molecule has 12 nitrogen and oxygen atoms in total. The molecule has 0 saturated carbocycles. The van der Waals surface area contributed by atoms with Gasteiger partial charge in [-0.3, -0.25) is 24.6 Å². The number of nitrogens with zero attached hydrogens (tertiary/aromatic N) is 3. The highest BCUT2D eigenvalue weighted by Crippen LogP contribution is 2.48. The number of nitro groups is 1. The minimum Gasteiger partial charge on any atom is -0.351 e. The van der Waals surface area contributed by atoms with Gasteiger partial charge < -0.3 is 25.4 Å². The minimum absolute atomic E-state index is 0.00372. The molecule has 1 aliphatic heterocycles. The summed E-state index contributed by atoms with van der Waals surface area (Å²) in [5.41, 5.74) is 6.38. The van der Waals surface area contributed by atoms with Crippen LogP contribution >= 0.6 is 0 Å². The van der Waals surface area contributed by atoms with Gasteiger partial charge >= 0.3 is 6.03 Å². The Morgan fingerprint density at radius 3 is 2.21 bits per heavy atom. The first-order valence-electron chi connectivity index (χ1n) is 13.5. The zero-order valence-corrected chi connectivity index (χ0v) is 23.6. The molecule has 1 unspecified atom stereocenters. The Hall–Kier alpha value is -4.81. The third-order valence-corrected chi connectivity index (χ3v) is 6.95. The van der Waals surface area contributed by atoms with Gasteiger partial charge in [0.25, 0.3) is 11.6 Å². The summed E-state index contributed by atoms with van der Waals surface area (Å²) in [7, 11) is 0. The van der Waals surface area contributed by atoms with Gasteiger partial charge in [0.2, 0.25) is 5.91 Å². The fourth-order valence-electron chi connectivity index (χ4n) is 5.16. The van der Waals surface area contributed by atoms with Crippen molar-refractivity contribution in [3.8, 4) is 0 Å². The van der Waals surface area contributed by atoms with E-state index in [0.717, 1.165) is 10.5 Å². The fourth-order valence-corrected chi connectivity index (χ4v) is 5.16. The van der Waals surface area contributed by atoms with Crippen molar-refractivity contribution in [3.05, 3.63) is 94.0 Å². The van der Waals surface area contributed by atoms with Gasteiger partial charge in [0, 0.05) is 42.3 Å². The van der Waals surface area contributed by atoms with E-state index in [4.69, 9.17) is 15.2 Å². The van der Waals surface area contributed by atoms with Crippen LogP contribution in [0.2, 0.25) is 0 Å². The molecule has 3 aromatic rings. The van der Waals surface area contributed by atoms with E-state index in [0.29, 0.717) is 30.2 Å². The number of rotatable bonds is 12. The number of non-ortho nitro benzene ring substituents is 1. The first kappa shape index (κ1) is 30.2. The minimum atomic E-state index is -1.87. The number of anilines is 3. The van der Waals surface area contributed by atoms with Crippen LogP contribution in [0.25, 0.3) is 0 Å². The van der Waals surface area contributed by atoms with Gasteiger partial charge in [-0.25, -0.2) is 4.79 Å². The molecule has 220 valence electrons. The van der Waals surface area contributed by atoms with Gasteiger partial charge in [0.1, 0.15) is 0 Å². The molecule has 3 N–H and O–H groups in total. The molecule has 42 heavy (non-hydrogen) atoms. The number of benzene rings is 3. The number of carbonyl (C=O) groups excluding carboxylic acids is 3. The van der Waals surface area contributed by atoms with Crippen LogP contribution < -0.4 is 20.9 Å². The number of para-hydroxylation sites is 1. The Morgan fingerprint density at radius 2 is 1.64 bits per heavy atom. The first-order chi connectivity index (χ1) is 20.1. The number of nitro benzene ring substituents is 1. The molecular weight excluding hydrogens is 542 g/mol. The second-order valence-corrected chi connectivity index (χ2v) is 9.67. The maximum atomic E-state index is 14.6. The zero-order valence-electron chi connectivity index (χ0n) is 23.6. The maximum Gasteiger partial charge on any atom is 0.320 e. The number of aryl methyl sites for hydroxylation is 1. The van der Waals surface area contributed by atoms with E-state index < -0.39 is 41.0 Å². The molecule has 1 heterocycles. The lowest BCUT2D eigenvalue weighted by Gasteiger charge is -2.39. The number of urea groups is 1. The maximum absolute atomic E-state index is 14.6. The molecule has 1 atom stereocenters. The number of carbonyl (C=O) groups is 3. The third kappa shape index (κ3) is 5.94. The predicted octanol–water partition coefficient (Wildman–Crippen LogP) is 4.46. The van der Waals surface area contributed by atoms with Gasteiger partial charge in [-0.05, 0) is 51.1 Å². The highest BCUT2D eigenvalue weighted by molar-refractivity contribution is 6.16. The highest BCUT2D eigenvalue weighted by Gasteiger charge is 2.58. The number of ether oxygens (including phenoxy) is 2. The normalized spacial score (nSPS) is 15.9. The Balaban J connectivity index is 1.83. The Kier molecular flexibility index (Phi) is 9.18. The van der Waals surface area contributed by atoms with E-state index in [2.05, 4.69) is 5.32 Å². The summed E-state index contributed by atoms with van der Waals surface area (Å²) >= 11 is 0. The summed E-state index contributed by atoms with van der Waals surface area (Å²) in [6, 6.07) is 18.1. The van der Waals surface area contributed by atoms with Crippen LogP contribution in [-0.4, -0.2) is 48.8 Å². The monoisotopic (exact) mass is 575 g/mol. The lowest BCUT2D eigenvalue weighted by Crippen LogP contribution is -2.59. The van der Waals surface area contributed by atoms with Gasteiger partial charge in [-0.1, -0.05) is 35.9 Å². The Morgan fingerprint density at radius 1 is 1.02 bits per heavy atom. The largest absolute Gasteiger partial charge is 0.351 e. The van der Waals surface area contributed by atoms with Crippen LogP contribution in [0.4, 0.5) is 27.5 Å². The smallest absolute Gasteiger partial charge is 0.320 e. The molecule has 12 heteroatoms. The third-order valence-electron chi connectivity index (χ3n) is 6.95. The van der Waals surface area contributed by atoms with Crippen LogP contribution in [-0.2, 0) is 24.6 Å². The van der Waals surface area contributed by atoms with Crippen LogP contribution in [0.15, 0.2) is 72.8 Å². The van der Waals surface area contributed by atoms with Crippen molar-refractivity contribution in [1.82, 2.24) is 0 Å². The highest BCUT2D eigenvalue weighted by atomic mass is 16.7. The molecule has 4 rings (SSSR count).